The maximum atomic E-state index is 12.7. The van der Waals surface area contributed by atoms with Crippen LogP contribution in [0.25, 0.3) is 0 Å². The molecule has 0 saturated carbocycles. The molecule has 1 fully saturated rings. The van der Waals surface area contributed by atoms with Crippen molar-refractivity contribution in [1.29, 1.82) is 0 Å². The van der Waals surface area contributed by atoms with Gasteiger partial charge in [-0.15, -0.1) is 0 Å². The molecule has 1 saturated heterocycles. The van der Waals surface area contributed by atoms with Gasteiger partial charge in [-0.2, -0.15) is 4.31 Å². The quantitative estimate of drug-likeness (QED) is 0.857. The van der Waals surface area contributed by atoms with Gasteiger partial charge < -0.3 is 4.90 Å². The average Bonchev–Trinajstić information content (AvgIpc) is 2.62. The highest BCUT2D eigenvalue weighted by molar-refractivity contribution is 7.89. The molecule has 2 aromatic carbocycles. The molecule has 1 amide bonds. The number of carbonyl (C=O) groups is 1. The van der Waals surface area contributed by atoms with Gasteiger partial charge in [0.05, 0.1) is 4.90 Å². The van der Waals surface area contributed by atoms with Crippen LogP contribution in [0.2, 0.25) is 0 Å². The first-order valence-corrected chi connectivity index (χ1v) is 9.33. The minimum Gasteiger partial charge on any atom is -0.336 e. The molecule has 3 rings (SSSR count). The molecule has 0 N–H and O–H groups in total. The summed E-state index contributed by atoms with van der Waals surface area (Å²) in [6.45, 7) is 3.30. The van der Waals surface area contributed by atoms with Crippen molar-refractivity contribution in [3.63, 3.8) is 0 Å². The summed E-state index contributed by atoms with van der Waals surface area (Å²) in [5, 5.41) is 0. The molecule has 0 atom stereocenters. The van der Waals surface area contributed by atoms with Crippen LogP contribution in [0, 0.1) is 6.92 Å². The van der Waals surface area contributed by atoms with Crippen LogP contribution in [-0.2, 0) is 10.0 Å². The largest absolute Gasteiger partial charge is 0.336 e. The Kier molecular flexibility index (Phi) is 4.69. The number of sulfonamides is 1. The van der Waals surface area contributed by atoms with E-state index in [1.807, 2.05) is 31.2 Å². The summed E-state index contributed by atoms with van der Waals surface area (Å²) in [7, 11) is -3.50. The highest BCUT2D eigenvalue weighted by Gasteiger charge is 2.30. The number of amides is 1. The zero-order chi connectivity index (χ0) is 17.2. The molecule has 0 bridgehead atoms. The Morgan fingerprint density at radius 3 is 2.21 bits per heavy atom. The molecule has 0 radical (unpaired) electrons. The molecule has 6 heteroatoms. The van der Waals surface area contributed by atoms with Gasteiger partial charge in [0.25, 0.3) is 5.91 Å². The number of piperazine rings is 1. The van der Waals surface area contributed by atoms with Gasteiger partial charge in [-0.1, -0.05) is 30.3 Å². The van der Waals surface area contributed by atoms with Crippen molar-refractivity contribution in [2.75, 3.05) is 26.2 Å². The third-order valence-corrected chi connectivity index (χ3v) is 6.07. The van der Waals surface area contributed by atoms with Crippen molar-refractivity contribution < 1.29 is 13.2 Å². The van der Waals surface area contributed by atoms with Crippen LogP contribution in [0.15, 0.2) is 59.5 Å². The number of rotatable bonds is 3. The minimum atomic E-state index is -3.50. The molecule has 0 aromatic heterocycles. The lowest BCUT2D eigenvalue weighted by Gasteiger charge is -2.34. The van der Waals surface area contributed by atoms with Crippen LogP contribution >= 0.6 is 0 Å². The van der Waals surface area contributed by atoms with Gasteiger partial charge in [0.15, 0.2) is 0 Å². The van der Waals surface area contributed by atoms with Crippen molar-refractivity contribution in [1.82, 2.24) is 9.21 Å². The lowest BCUT2D eigenvalue weighted by molar-refractivity contribution is 0.0698. The number of carbonyl (C=O) groups excluding carboxylic acids is 1. The van der Waals surface area contributed by atoms with Gasteiger partial charge in [-0.05, 0) is 36.8 Å². The summed E-state index contributed by atoms with van der Waals surface area (Å²) in [6.07, 6.45) is 0. The molecule has 5 nitrogen and oxygen atoms in total. The summed E-state index contributed by atoms with van der Waals surface area (Å²) in [5.41, 5.74) is 1.54. The van der Waals surface area contributed by atoms with Crippen molar-refractivity contribution in [3.8, 4) is 0 Å². The lowest BCUT2D eigenvalue weighted by Crippen LogP contribution is -2.50. The van der Waals surface area contributed by atoms with E-state index in [4.69, 9.17) is 0 Å². The van der Waals surface area contributed by atoms with Crippen LogP contribution in [0.3, 0.4) is 0 Å². The Morgan fingerprint density at radius 2 is 1.58 bits per heavy atom. The second-order valence-corrected chi connectivity index (χ2v) is 7.82. The average molecular weight is 344 g/mol. The summed E-state index contributed by atoms with van der Waals surface area (Å²) < 4.78 is 26.9. The SMILES string of the molecule is Cc1cccc(S(=O)(=O)N2CCN(C(=O)c3ccccc3)CC2)c1. The van der Waals surface area contributed by atoms with Crippen LogP contribution in [0.5, 0.6) is 0 Å². The Morgan fingerprint density at radius 1 is 0.917 bits per heavy atom. The molecule has 1 heterocycles. The van der Waals surface area contributed by atoms with E-state index in [1.165, 1.54) is 4.31 Å². The van der Waals surface area contributed by atoms with Gasteiger partial charge in [0, 0.05) is 31.7 Å². The Labute approximate surface area is 142 Å². The normalized spacial score (nSPS) is 16.1. The number of hydrogen-bond acceptors (Lipinski definition) is 3. The van der Waals surface area contributed by atoms with E-state index in [0.717, 1.165) is 5.56 Å². The van der Waals surface area contributed by atoms with Crippen molar-refractivity contribution in [3.05, 3.63) is 65.7 Å². The predicted octanol–water partition coefficient (Wildman–Crippen LogP) is 2.14. The number of nitrogens with zero attached hydrogens (tertiary/aromatic N) is 2. The zero-order valence-electron chi connectivity index (χ0n) is 13.6. The molecule has 2 aromatic rings. The third kappa shape index (κ3) is 3.34. The monoisotopic (exact) mass is 344 g/mol. The minimum absolute atomic E-state index is 0.0526. The van der Waals surface area contributed by atoms with Crippen molar-refractivity contribution in [2.24, 2.45) is 0 Å². The lowest BCUT2D eigenvalue weighted by atomic mass is 10.2. The van der Waals surface area contributed by atoms with Crippen molar-refractivity contribution in [2.45, 2.75) is 11.8 Å². The molecule has 0 unspecified atom stereocenters. The number of hydrogen-bond donors (Lipinski definition) is 0. The van der Waals surface area contributed by atoms with Gasteiger partial charge in [0.1, 0.15) is 0 Å². The Hall–Kier alpha value is -2.18. The summed E-state index contributed by atoms with van der Waals surface area (Å²) in [6, 6.07) is 16.0. The maximum Gasteiger partial charge on any atom is 0.253 e. The van der Waals surface area contributed by atoms with E-state index < -0.39 is 10.0 Å². The summed E-state index contributed by atoms with van der Waals surface area (Å²) in [5.74, 6) is -0.0526. The van der Waals surface area contributed by atoms with Gasteiger partial charge in [-0.25, -0.2) is 8.42 Å². The summed E-state index contributed by atoms with van der Waals surface area (Å²) >= 11 is 0. The second kappa shape index (κ2) is 6.75. The fourth-order valence-corrected chi connectivity index (χ4v) is 4.35. The van der Waals surface area contributed by atoms with Crippen LogP contribution in [0.4, 0.5) is 0 Å². The van der Waals surface area contributed by atoms with Crippen molar-refractivity contribution >= 4 is 15.9 Å². The number of benzene rings is 2. The molecule has 1 aliphatic rings. The van der Waals surface area contributed by atoms with Crippen LogP contribution < -0.4 is 0 Å². The molecule has 1 aliphatic heterocycles. The van der Waals surface area contributed by atoms with Gasteiger partial charge in [0.2, 0.25) is 10.0 Å². The van der Waals surface area contributed by atoms with E-state index >= 15 is 0 Å². The molecular weight excluding hydrogens is 324 g/mol. The maximum absolute atomic E-state index is 12.7. The zero-order valence-corrected chi connectivity index (χ0v) is 14.4. The third-order valence-electron chi connectivity index (χ3n) is 4.17. The highest BCUT2D eigenvalue weighted by Crippen LogP contribution is 2.19. The predicted molar refractivity (Wildman–Crippen MR) is 92.3 cm³/mol. The standard InChI is InChI=1S/C18H20N2O3S/c1-15-6-5-9-17(14-15)24(22,23)20-12-10-19(11-13-20)18(21)16-7-3-2-4-8-16/h2-9,14H,10-13H2,1H3. The van der Waals surface area contributed by atoms with E-state index in [2.05, 4.69) is 0 Å². The highest BCUT2D eigenvalue weighted by atomic mass is 32.2. The molecule has 24 heavy (non-hydrogen) atoms. The van der Waals surface area contributed by atoms with Gasteiger partial charge in [-0.3, -0.25) is 4.79 Å². The fraction of sp³-hybridized carbons (Fsp3) is 0.278. The topological polar surface area (TPSA) is 57.7 Å². The fourth-order valence-electron chi connectivity index (χ4n) is 2.82. The number of aryl methyl sites for hydroxylation is 1. The van der Waals surface area contributed by atoms with E-state index in [0.29, 0.717) is 36.6 Å². The van der Waals surface area contributed by atoms with Crippen LogP contribution in [0.1, 0.15) is 15.9 Å². The smallest absolute Gasteiger partial charge is 0.253 e. The Balaban J connectivity index is 1.70. The first kappa shape index (κ1) is 16.7. The molecule has 0 aliphatic carbocycles. The summed E-state index contributed by atoms with van der Waals surface area (Å²) in [4.78, 5) is 14.4. The van der Waals surface area contributed by atoms with E-state index in [1.54, 1.807) is 35.2 Å². The Bertz CT molecular complexity index is 826. The van der Waals surface area contributed by atoms with E-state index in [-0.39, 0.29) is 5.91 Å². The van der Waals surface area contributed by atoms with Gasteiger partial charge >= 0.3 is 0 Å². The molecule has 0 spiro atoms. The second-order valence-electron chi connectivity index (χ2n) is 5.88. The molecular formula is C18H20N2O3S. The molecule has 126 valence electrons. The van der Waals surface area contributed by atoms with E-state index in [9.17, 15) is 13.2 Å². The first-order valence-electron chi connectivity index (χ1n) is 7.89. The first-order chi connectivity index (χ1) is 11.5. The van der Waals surface area contributed by atoms with Crippen LogP contribution in [-0.4, -0.2) is 49.7 Å².